The van der Waals surface area contributed by atoms with Crippen molar-refractivity contribution in [3.63, 3.8) is 0 Å². The quantitative estimate of drug-likeness (QED) is 0.819. The van der Waals surface area contributed by atoms with E-state index >= 15 is 0 Å². The van der Waals surface area contributed by atoms with E-state index in [1.165, 1.54) is 31.4 Å². The van der Waals surface area contributed by atoms with Crippen molar-refractivity contribution in [1.82, 2.24) is 9.78 Å². The standard InChI is InChI=1S/C13H21BrN2O/c1-3-10(2)17-9-13-12(14)8-15-16(13)11-6-4-5-7-11/h8,10-11H,3-7,9H2,1-2H3/t10-/m1/s1. The van der Waals surface area contributed by atoms with Gasteiger partial charge in [0.05, 0.1) is 35.1 Å². The third kappa shape index (κ3) is 3.10. The summed E-state index contributed by atoms with van der Waals surface area (Å²) in [7, 11) is 0. The van der Waals surface area contributed by atoms with Gasteiger partial charge in [-0.1, -0.05) is 19.8 Å². The third-order valence-corrected chi connectivity index (χ3v) is 4.26. The Kier molecular flexibility index (Phi) is 4.62. The van der Waals surface area contributed by atoms with Crippen molar-refractivity contribution in [1.29, 1.82) is 0 Å². The van der Waals surface area contributed by atoms with Crippen molar-refractivity contribution in [2.24, 2.45) is 0 Å². The average molecular weight is 301 g/mol. The molecule has 0 N–H and O–H groups in total. The van der Waals surface area contributed by atoms with E-state index in [1.807, 2.05) is 6.20 Å². The highest BCUT2D eigenvalue weighted by atomic mass is 79.9. The number of hydrogen-bond donors (Lipinski definition) is 0. The average Bonchev–Trinajstić information content (AvgIpc) is 2.95. The van der Waals surface area contributed by atoms with Crippen LogP contribution >= 0.6 is 15.9 Å². The van der Waals surface area contributed by atoms with Gasteiger partial charge in [-0.2, -0.15) is 5.10 Å². The Bertz CT molecular complexity index is 358. The van der Waals surface area contributed by atoms with Crippen molar-refractivity contribution < 1.29 is 4.74 Å². The fourth-order valence-corrected chi connectivity index (χ4v) is 2.69. The van der Waals surface area contributed by atoms with E-state index < -0.39 is 0 Å². The second kappa shape index (κ2) is 6.01. The lowest BCUT2D eigenvalue weighted by Crippen LogP contribution is -2.14. The molecule has 2 rings (SSSR count). The van der Waals surface area contributed by atoms with Crippen LogP contribution in [-0.4, -0.2) is 15.9 Å². The molecule has 0 saturated heterocycles. The van der Waals surface area contributed by atoms with Crippen LogP contribution < -0.4 is 0 Å². The van der Waals surface area contributed by atoms with E-state index in [4.69, 9.17) is 4.74 Å². The number of hydrogen-bond acceptors (Lipinski definition) is 2. The number of aromatic nitrogens is 2. The lowest BCUT2D eigenvalue weighted by atomic mass is 10.2. The zero-order valence-corrected chi connectivity index (χ0v) is 12.2. The van der Waals surface area contributed by atoms with Crippen LogP contribution in [0.4, 0.5) is 0 Å². The maximum atomic E-state index is 5.83. The highest BCUT2D eigenvalue weighted by molar-refractivity contribution is 9.10. The topological polar surface area (TPSA) is 27.1 Å². The minimum Gasteiger partial charge on any atom is -0.372 e. The van der Waals surface area contributed by atoms with Crippen LogP contribution in [0.3, 0.4) is 0 Å². The largest absolute Gasteiger partial charge is 0.372 e. The minimum absolute atomic E-state index is 0.314. The highest BCUT2D eigenvalue weighted by Crippen LogP contribution is 2.32. The molecule has 0 radical (unpaired) electrons. The van der Waals surface area contributed by atoms with Crippen molar-refractivity contribution in [3.8, 4) is 0 Å². The van der Waals surface area contributed by atoms with Gasteiger partial charge in [0, 0.05) is 0 Å². The second-order valence-corrected chi connectivity index (χ2v) is 5.71. The zero-order chi connectivity index (χ0) is 12.3. The maximum absolute atomic E-state index is 5.83. The molecule has 0 unspecified atom stereocenters. The molecule has 1 aliphatic rings. The normalized spacial score (nSPS) is 18.8. The predicted octanol–water partition coefficient (Wildman–Crippen LogP) is 4.08. The number of nitrogens with zero attached hydrogens (tertiary/aromatic N) is 2. The number of halogens is 1. The summed E-state index contributed by atoms with van der Waals surface area (Å²) in [5.41, 5.74) is 1.19. The van der Waals surface area contributed by atoms with E-state index in [-0.39, 0.29) is 0 Å². The summed E-state index contributed by atoms with van der Waals surface area (Å²) >= 11 is 3.57. The Labute approximate surface area is 112 Å². The molecule has 0 aliphatic heterocycles. The summed E-state index contributed by atoms with van der Waals surface area (Å²) in [4.78, 5) is 0. The summed E-state index contributed by atoms with van der Waals surface area (Å²) < 4.78 is 9.07. The van der Waals surface area contributed by atoms with Gasteiger partial charge < -0.3 is 4.74 Å². The van der Waals surface area contributed by atoms with Gasteiger partial charge >= 0.3 is 0 Å². The molecule has 1 aromatic rings. The molecule has 1 saturated carbocycles. The van der Waals surface area contributed by atoms with Gasteiger partial charge in [-0.05, 0) is 42.1 Å². The van der Waals surface area contributed by atoms with E-state index in [1.54, 1.807) is 0 Å². The summed E-state index contributed by atoms with van der Waals surface area (Å²) in [5.74, 6) is 0. The molecule has 96 valence electrons. The van der Waals surface area contributed by atoms with Gasteiger partial charge in [-0.15, -0.1) is 0 Å². The van der Waals surface area contributed by atoms with Crippen LogP contribution in [-0.2, 0) is 11.3 Å². The predicted molar refractivity (Wildman–Crippen MR) is 72.0 cm³/mol. The molecule has 1 aliphatic carbocycles. The molecule has 0 amide bonds. The summed E-state index contributed by atoms with van der Waals surface area (Å²) in [5, 5.41) is 4.49. The molecule has 0 aromatic carbocycles. The Morgan fingerprint density at radius 3 is 2.88 bits per heavy atom. The molecule has 17 heavy (non-hydrogen) atoms. The maximum Gasteiger partial charge on any atom is 0.0900 e. The van der Waals surface area contributed by atoms with Crippen LogP contribution in [0.2, 0.25) is 0 Å². The summed E-state index contributed by atoms with van der Waals surface area (Å²) in [6.45, 7) is 4.92. The lowest BCUT2D eigenvalue weighted by Gasteiger charge is -2.16. The molecule has 1 aromatic heterocycles. The van der Waals surface area contributed by atoms with E-state index in [0.717, 1.165) is 10.9 Å². The molecule has 1 fully saturated rings. The molecular weight excluding hydrogens is 280 g/mol. The van der Waals surface area contributed by atoms with Crippen LogP contribution in [0.1, 0.15) is 57.7 Å². The first-order valence-corrected chi connectivity index (χ1v) is 7.35. The van der Waals surface area contributed by atoms with Gasteiger partial charge in [0.1, 0.15) is 0 Å². The van der Waals surface area contributed by atoms with Gasteiger partial charge in [0.15, 0.2) is 0 Å². The molecule has 0 bridgehead atoms. The van der Waals surface area contributed by atoms with Crippen molar-refractivity contribution in [2.75, 3.05) is 0 Å². The molecule has 4 heteroatoms. The molecule has 0 spiro atoms. The zero-order valence-electron chi connectivity index (χ0n) is 10.7. The SMILES string of the molecule is CC[C@@H](C)OCc1c(Br)cnn1C1CCCC1. The van der Waals surface area contributed by atoms with Crippen LogP contribution in [0.25, 0.3) is 0 Å². The fourth-order valence-electron chi connectivity index (χ4n) is 2.30. The van der Waals surface area contributed by atoms with E-state index in [9.17, 15) is 0 Å². The third-order valence-electron chi connectivity index (χ3n) is 3.60. The van der Waals surface area contributed by atoms with E-state index in [0.29, 0.717) is 18.8 Å². The Hall–Kier alpha value is -0.350. The minimum atomic E-state index is 0.314. The number of rotatable bonds is 5. The van der Waals surface area contributed by atoms with E-state index in [2.05, 4.69) is 39.6 Å². The fraction of sp³-hybridized carbons (Fsp3) is 0.769. The molecule has 3 nitrogen and oxygen atoms in total. The smallest absolute Gasteiger partial charge is 0.0900 e. The van der Waals surface area contributed by atoms with Gasteiger partial charge in [-0.25, -0.2) is 0 Å². The Balaban J connectivity index is 2.06. The summed E-state index contributed by atoms with van der Waals surface area (Å²) in [6, 6.07) is 0.580. The summed E-state index contributed by atoms with van der Waals surface area (Å²) in [6.07, 6.45) is 8.42. The van der Waals surface area contributed by atoms with Crippen LogP contribution in [0.5, 0.6) is 0 Å². The first-order chi connectivity index (χ1) is 8.22. The van der Waals surface area contributed by atoms with Crippen molar-refractivity contribution in [3.05, 3.63) is 16.4 Å². The molecule has 1 atom stereocenters. The second-order valence-electron chi connectivity index (χ2n) is 4.85. The first-order valence-electron chi connectivity index (χ1n) is 6.55. The molecular formula is C13H21BrN2O. The lowest BCUT2D eigenvalue weighted by molar-refractivity contribution is 0.0455. The van der Waals surface area contributed by atoms with Gasteiger partial charge in [0.25, 0.3) is 0 Å². The highest BCUT2D eigenvalue weighted by Gasteiger charge is 2.21. The Morgan fingerprint density at radius 2 is 2.24 bits per heavy atom. The first kappa shape index (κ1) is 13.1. The molecule has 1 heterocycles. The Morgan fingerprint density at radius 1 is 1.53 bits per heavy atom. The monoisotopic (exact) mass is 300 g/mol. The van der Waals surface area contributed by atoms with Crippen LogP contribution in [0, 0.1) is 0 Å². The van der Waals surface area contributed by atoms with Gasteiger partial charge in [0.2, 0.25) is 0 Å². The van der Waals surface area contributed by atoms with Crippen LogP contribution in [0.15, 0.2) is 10.7 Å². The van der Waals surface area contributed by atoms with Gasteiger partial charge in [-0.3, -0.25) is 4.68 Å². The van der Waals surface area contributed by atoms with Crippen molar-refractivity contribution in [2.45, 2.75) is 64.7 Å². The van der Waals surface area contributed by atoms with Crippen molar-refractivity contribution >= 4 is 15.9 Å². The number of ether oxygens (including phenoxy) is 1.